The molecule has 0 radical (unpaired) electrons. The molecule has 0 aromatic heterocycles. The Morgan fingerprint density at radius 2 is 1.71 bits per heavy atom. The number of sulfonamides is 1. The second kappa shape index (κ2) is 10.4. The number of piperidine rings is 1. The Balaban J connectivity index is 1.75. The highest BCUT2D eigenvalue weighted by Gasteiger charge is 2.20. The number of likely N-dealkylation sites (tertiary alicyclic amines) is 1. The van der Waals surface area contributed by atoms with Gasteiger partial charge < -0.3 is 10.2 Å². The lowest BCUT2D eigenvalue weighted by Crippen LogP contribution is -2.38. The summed E-state index contributed by atoms with van der Waals surface area (Å²) in [7, 11) is -3.62. The lowest BCUT2D eigenvalue weighted by Gasteiger charge is -2.29. The van der Waals surface area contributed by atoms with E-state index in [4.69, 9.17) is 0 Å². The number of benzene rings is 1. The van der Waals surface area contributed by atoms with Crippen LogP contribution in [0.3, 0.4) is 0 Å². The van der Waals surface area contributed by atoms with Crippen molar-refractivity contribution < 1.29 is 13.2 Å². The van der Waals surface area contributed by atoms with Crippen molar-refractivity contribution in [3.8, 4) is 0 Å². The third-order valence-corrected chi connectivity index (χ3v) is 6.95. The Kier molecular flexibility index (Phi) is 8.46. The van der Waals surface area contributed by atoms with E-state index in [1.54, 1.807) is 13.8 Å². The summed E-state index contributed by atoms with van der Waals surface area (Å²) in [6.07, 6.45) is 3.98. The van der Waals surface area contributed by atoms with Crippen LogP contribution in [-0.4, -0.2) is 51.9 Å². The highest BCUT2D eigenvalue weighted by Crippen LogP contribution is 2.21. The summed E-state index contributed by atoms with van der Waals surface area (Å²) in [4.78, 5) is 14.9. The number of rotatable bonds is 9. The summed E-state index contributed by atoms with van der Waals surface area (Å²) in [5.41, 5.74) is 2.48. The topological polar surface area (TPSA) is 78.5 Å². The van der Waals surface area contributed by atoms with Crippen molar-refractivity contribution in [2.45, 2.75) is 58.3 Å². The van der Waals surface area contributed by atoms with Crippen molar-refractivity contribution in [1.29, 1.82) is 0 Å². The van der Waals surface area contributed by atoms with Gasteiger partial charge in [0.2, 0.25) is 15.9 Å². The van der Waals surface area contributed by atoms with Crippen molar-refractivity contribution >= 4 is 15.9 Å². The van der Waals surface area contributed by atoms with Gasteiger partial charge in [-0.3, -0.25) is 4.79 Å². The third kappa shape index (κ3) is 6.87. The zero-order valence-corrected chi connectivity index (χ0v) is 18.5. The zero-order valence-electron chi connectivity index (χ0n) is 17.7. The summed E-state index contributed by atoms with van der Waals surface area (Å²) in [5, 5.41) is 2.93. The van der Waals surface area contributed by atoms with Gasteiger partial charge in [-0.15, -0.1) is 0 Å². The number of amides is 1. The highest BCUT2D eigenvalue weighted by molar-refractivity contribution is 7.89. The van der Waals surface area contributed by atoms with Crippen molar-refractivity contribution in [2.75, 3.05) is 32.7 Å². The molecule has 7 heteroatoms. The summed E-state index contributed by atoms with van der Waals surface area (Å²) >= 11 is 0. The van der Waals surface area contributed by atoms with E-state index < -0.39 is 10.0 Å². The Hall–Kier alpha value is -1.44. The fourth-order valence-electron chi connectivity index (χ4n) is 3.99. The SMILES string of the molecule is Cc1cc(C)c(S(=O)(=O)NCCC(=O)NCC(C)CN2CCCCC2)c(C)c1. The molecule has 1 saturated heterocycles. The molecule has 0 saturated carbocycles. The molecule has 1 unspecified atom stereocenters. The number of hydrogen-bond acceptors (Lipinski definition) is 4. The molecule has 1 aromatic rings. The van der Waals surface area contributed by atoms with Crippen LogP contribution in [-0.2, 0) is 14.8 Å². The van der Waals surface area contributed by atoms with Crippen molar-refractivity contribution in [1.82, 2.24) is 14.9 Å². The maximum Gasteiger partial charge on any atom is 0.241 e. The van der Waals surface area contributed by atoms with E-state index >= 15 is 0 Å². The second-order valence-corrected chi connectivity index (χ2v) is 9.85. The van der Waals surface area contributed by atoms with Gasteiger partial charge in [-0.2, -0.15) is 0 Å². The minimum Gasteiger partial charge on any atom is -0.356 e. The van der Waals surface area contributed by atoms with E-state index in [0.717, 1.165) is 36.3 Å². The van der Waals surface area contributed by atoms with E-state index in [2.05, 4.69) is 21.9 Å². The van der Waals surface area contributed by atoms with E-state index in [9.17, 15) is 13.2 Å². The fourth-order valence-corrected chi connectivity index (χ4v) is 5.47. The van der Waals surface area contributed by atoms with Crippen molar-refractivity contribution in [3.05, 3.63) is 28.8 Å². The summed E-state index contributed by atoms with van der Waals surface area (Å²) in [6.45, 7) is 11.7. The molecule has 28 heavy (non-hydrogen) atoms. The van der Waals surface area contributed by atoms with Gasteiger partial charge in [-0.25, -0.2) is 13.1 Å². The molecule has 1 aliphatic heterocycles. The van der Waals surface area contributed by atoms with Gasteiger partial charge in [0, 0.05) is 26.1 Å². The van der Waals surface area contributed by atoms with Crippen LogP contribution in [0.2, 0.25) is 0 Å². The van der Waals surface area contributed by atoms with Gasteiger partial charge in [0.05, 0.1) is 4.90 Å². The standard InChI is InChI=1S/C21H35N3O3S/c1-16-12-18(3)21(19(4)13-16)28(26,27)23-9-8-20(25)22-14-17(2)15-24-10-6-5-7-11-24/h12-13,17,23H,5-11,14-15H2,1-4H3,(H,22,25). The molecular formula is C21H35N3O3S. The summed E-state index contributed by atoms with van der Waals surface area (Å²) in [6, 6.07) is 3.72. The minimum absolute atomic E-state index is 0.0986. The van der Waals surface area contributed by atoms with Crippen LogP contribution < -0.4 is 10.0 Å². The highest BCUT2D eigenvalue weighted by atomic mass is 32.2. The molecule has 0 aliphatic carbocycles. The van der Waals surface area contributed by atoms with Gasteiger partial charge in [0.15, 0.2) is 0 Å². The van der Waals surface area contributed by atoms with Crippen LogP contribution in [0, 0.1) is 26.7 Å². The van der Waals surface area contributed by atoms with Crippen LogP contribution in [0.1, 0.15) is 49.3 Å². The molecule has 158 valence electrons. The van der Waals surface area contributed by atoms with Gasteiger partial charge in [-0.05, 0) is 63.7 Å². The molecule has 1 aromatic carbocycles. The molecular weight excluding hydrogens is 374 g/mol. The molecule has 1 heterocycles. The predicted molar refractivity (Wildman–Crippen MR) is 113 cm³/mol. The molecule has 0 bridgehead atoms. The normalized spacial score (nSPS) is 16.7. The fraction of sp³-hybridized carbons (Fsp3) is 0.667. The molecule has 2 N–H and O–H groups in total. The number of nitrogens with zero attached hydrogens (tertiary/aromatic N) is 1. The summed E-state index contributed by atoms with van der Waals surface area (Å²) in [5.74, 6) is 0.266. The van der Waals surface area contributed by atoms with E-state index in [1.807, 2.05) is 19.1 Å². The number of nitrogens with one attached hydrogen (secondary N) is 2. The zero-order chi connectivity index (χ0) is 20.7. The molecule has 0 spiro atoms. The molecule has 1 amide bonds. The Morgan fingerprint density at radius 1 is 1.11 bits per heavy atom. The predicted octanol–water partition coefficient (Wildman–Crippen LogP) is 2.52. The minimum atomic E-state index is -3.62. The van der Waals surface area contributed by atoms with Crippen molar-refractivity contribution in [3.63, 3.8) is 0 Å². The first-order valence-corrected chi connectivity index (χ1v) is 11.7. The number of hydrogen-bond donors (Lipinski definition) is 2. The Bertz CT molecular complexity index is 748. The average Bonchev–Trinajstić information content (AvgIpc) is 2.59. The van der Waals surface area contributed by atoms with Crippen LogP contribution in [0.5, 0.6) is 0 Å². The number of carbonyl (C=O) groups is 1. The van der Waals surface area contributed by atoms with Crippen LogP contribution in [0.15, 0.2) is 17.0 Å². The first-order chi connectivity index (χ1) is 13.2. The number of aryl methyl sites for hydroxylation is 3. The first kappa shape index (κ1) is 22.8. The quantitative estimate of drug-likeness (QED) is 0.657. The molecule has 1 fully saturated rings. The molecule has 6 nitrogen and oxygen atoms in total. The first-order valence-electron chi connectivity index (χ1n) is 10.3. The van der Waals surface area contributed by atoms with Crippen LogP contribution >= 0.6 is 0 Å². The maximum absolute atomic E-state index is 12.6. The molecule has 1 atom stereocenters. The second-order valence-electron chi connectivity index (χ2n) is 8.15. The van der Waals surface area contributed by atoms with E-state index in [1.165, 1.54) is 19.3 Å². The van der Waals surface area contributed by atoms with Gasteiger partial charge >= 0.3 is 0 Å². The van der Waals surface area contributed by atoms with Gasteiger partial charge in [-0.1, -0.05) is 31.0 Å². The number of carbonyl (C=O) groups excluding carboxylic acids is 1. The van der Waals surface area contributed by atoms with E-state index in [-0.39, 0.29) is 18.9 Å². The van der Waals surface area contributed by atoms with Crippen LogP contribution in [0.25, 0.3) is 0 Å². The summed E-state index contributed by atoms with van der Waals surface area (Å²) < 4.78 is 27.8. The van der Waals surface area contributed by atoms with Crippen molar-refractivity contribution in [2.24, 2.45) is 5.92 Å². The van der Waals surface area contributed by atoms with E-state index in [0.29, 0.717) is 17.4 Å². The Labute approximate surface area is 170 Å². The Morgan fingerprint density at radius 3 is 2.32 bits per heavy atom. The average molecular weight is 410 g/mol. The largest absolute Gasteiger partial charge is 0.356 e. The smallest absolute Gasteiger partial charge is 0.241 e. The molecule has 2 rings (SSSR count). The lowest BCUT2D eigenvalue weighted by molar-refractivity contribution is -0.121. The monoisotopic (exact) mass is 409 g/mol. The van der Waals surface area contributed by atoms with Gasteiger partial charge in [0.1, 0.15) is 0 Å². The molecule has 1 aliphatic rings. The lowest BCUT2D eigenvalue weighted by atomic mass is 10.1. The maximum atomic E-state index is 12.6. The third-order valence-electron chi connectivity index (χ3n) is 5.18. The van der Waals surface area contributed by atoms with Crippen LogP contribution in [0.4, 0.5) is 0 Å². The van der Waals surface area contributed by atoms with Gasteiger partial charge in [0.25, 0.3) is 0 Å².